The van der Waals surface area contributed by atoms with E-state index in [1.807, 2.05) is 86.6 Å². The lowest BCUT2D eigenvalue weighted by Gasteiger charge is -2.52. The van der Waals surface area contributed by atoms with E-state index in [0.717, 1.165) is 136 Å². The number of carbonyl (C=O) groups excluding carboxylic acids is 1. The number of carboxylic acids is 1. The molecular weight excluding hydrogens is 1480 g/mol. The van der Waals surface area contributed by atoms with Gasteiger partial charge in [0.2, 0.25) is 23.7 Å². The number of aromatic nitrogens is 4. The van der Waals surface area contributed by atoms with Crippen LogP contribution in [0.4, 0.5) is 63.6 Å². The number of rotatable bonds is 10. The fraction of sp³-hybridized carbons (Fsp3) is 0.475. The number of aryl methyl sites for hydroxylation is 2. The molecule has 15 nitrogen and oxygen atoms in total. The average molecular weight is 1570 g/mol. The number of benzene rings is 4. The van der Waals surface area contributed by atoms with Crippen molar-refractivity contribution in [2.45, 2.75) is 166 Å². The Labute approximate surface area is 632 Å². The molecule has 4 saturated carbocycles. The Balaban J connectivity index is 0.000000134. The summed E-state index contributed by atoms with van der Waals surface area (Å²) in [6.07, 6.45) is 12.2. The highest BCUT2D eigenvalue weighted by Crippen LogP contribution is 2.60. The Morgan fingerprint density at radius 1 is 0.509 bits per heavy atom. The molecule has 1 amide bonds. The van der Waals surface area contributed by atoms with Crippen molar-refractivity contribution in [1.29, 1.82) is 0 Å². The molecule has 8 fully saturated rings. The molecule has 4 aliphatic carbocycles. The Morgan fingerprint density at radius 3 is 1.18 bits per heavy atom. The van der Waals surface area contributed by atoms with Gasteiger partial charge in [-0.15, -0.1) is 0 Å². The van der Waals surface area contributed by atoms with E-state index in [4.69, 9.17) is 47.2 Å². The number of hydrogen-bond donors (Lipinski definition) is 4. The number of anilines is 3. The first-order valence-corrected chi connectivity index (χ1v) is 37.7. The van der Waals surface area contributed by atoms with Crippen LogP contribution in [0, 0.1) is 34.8 Å². The van der Waals surface area contributed by atoms with Crippen LogP contribution < -0.4 is 31.1 Å². The molecule has 8 aliphatic rings. The molecule has 26 heteroatoms. The number of nitrogens with two attached hydrogens (primary N) is 1. The number of carboxylic acid groups (broad SMARTS) is 1. The molecule has 16 rings (SSSR count). The largest absolute Gasteiger partial charge is 0.477 e. The van der Waals surface area contributed by atoms with Crippen molar-refractivity contribution in [3.63, 3.8) is 0 Å². The van der Waals surface area contributed by atoms with Crippen LogP contribution in [0.1, 0.15) is 160 Å². The number of carbonyl (C=O) groups is 2. The summed E-state index contributed by atoms with van der Waals surface area (Å²) in [7, 11) is 0. The SMILES string of the molecule is CCc1nc2ccc(Cl)cn2c1C(=O)NCc1ccc(N2CCC3(CC2)CC(F)(F)C3)cc1.CCc1nc2ccc(Cl)cn2c1C(=O)O.FC1(F)CC2(CCNCC2)C1.NCc1ccc(N2CCC3(CC2)CC(F)(F)C3)cc1.[C-]#[N+]c1ccc(Br)cc1.[C-]#[N+]c1ccc(N2CCC3(CC2)CC(F)(F)C3)cc1. The number of nitrogens with one attached hydrogen (secondary N) is 2. The number of nitrogens with zero attached hydrogens (tertiary/aromatic N) is 9. The number of alkyl halides is 8. The summed E-state index contributed by atoms with van der Waals surface area (Å²) < 4.78 is 108. The number of amides is 1. The predicted molar refractivity (Wildman–Crippen MR) is 404 cm³/mol. The van der Waals surface area contributed by atoms with Gasteiger partial charge in [-0.2, -0.15) is 0 Å². The summed E-state index contributed by atoms with van der Waals surface area (Å²) in [6, 6.07) is 38.0. The van der Waals surface area contributed by atoms with Gasteiger partial charge in [0.25, 0.3) is 5.91 Å². The molecule has 8 heterocycles. The summed E-state index contributed by atoms with van der Waals surface area (Å²) in [4.78, 5) is 46.2. The lowest BCUT2D eigenvalue weighted by atomic mass is 9.61. The van der Waals surface area contributed by atoms with Crippen molar-refractivity contribution < 1.29 is 49.8 Å². The molecule has 0 atom stereocenters. The summed E-state index contributed by atoms with van der Waals surface area (Å²) in [5, 5.41) is 16.3. The Morgan fingerprint density at radius 2 is 0.840 bits per heavy atom. The fourth-order valence-electron chi connectivity index (χ4n) is 16.6. The van der Waals surface area contributed by atoms with Crippen LogP contribution in [0.25, 0.3) is 21.0 Å². The second-order valence-electron chi connectivity index (χ2n) is 30.0. The summed E-state index contributed by atoms with van der Waals surface area (Å²) in [5.74, 6) is -10.8. The predicted octanol–water partition coefficient (Wildman–Crippen LogP) is 19.9. The van der Waals surface area contributed by atoms with Crippen molar-refractivity contribution >= 4 is 90.7 Å². The van der Waals surface area contributed by atoms with E-state index in [0.29, 0.717) is 70.0 Å². The number of fused-ring (bicyclic) bond motifs is 2. The molecule has 0 bridgehead atoms. The van der Waals surface area contributed by atoms with Gasteiger partial charge in [0.05, 0.1) is 34.6 Å². The maximum Gasteiger partial charge on any atom is 0.354 e. The fourth-order valence-corrected chi connectivity index (χ4v) is 17.1. The van der Waals surface area contributed by atoms with Gasteiger partial charge >= 0.3 is 5.97 Å². The van der Waals surface area contributed by atoms with E-state index >= 15 is 0 Å². The van der Waals surface area contributed by atoms with Crippen LogP contribution in [0.2, 0.25) is 10.0 Å². The number of hydrogen-bond acceptors (Lipinski definition) is 9. The second-order valence-corrected chi connectivity index (χ2v) is 31.8. The topological polar surface area (TPSA) is 157 Å². The molecule has 5 N–H and O–H groups in total. The zero-order chi connectivity index (χ0) is 75.9. The molecular formula is C80H89BrCl2F8N12O3. The summed E-state index contributed by atoms with van der Waals surface area (Å²) in [6.45, 7) is 25.3. The third-order valence-electron chi connectivity index (χ3n) is 22.2. The van der Waals surface area contributed by atoms with E-state index in [2.05, 4.69) is 73.1 Å². The van der Waals surface area contributed by atoms with Crippen LogP contribution in [0.5, 0.6) is 0 Å². The number of imidazole rings is 2. The molecule has 4 aliphatic heterocycles. The van der Waals surface area contributed by atoms with Gasteiger partial charge in [-0.25, -0.2) is 59.6 Å². The van der Waals surface area contributed by atoms with E-state index in [9.17, 15) is 44.7 Å². The summed E-state index contributed by atoms with van der Waals surface area (Å²) >= 11 is 15.2. The molecule has 106 heavy (non-hydrogen) atoms. The highest BCUT2D eigenvalue weighted by Gasteiger charge is 2.59. The third-order valence-corrected chi connectivity index (χ3v) is 23.2. The maximum atomic E-state index is 13.3. The van der Waals surface area contributed by atoms with Gasteiger partial charge < -0.3 is 36.2 Å². The molecule has 0 radical (unpaired) electrons. The first-order valence-electron chi connectivity index (χ1n) is 36.2. The van der Waals surface area contributed by atoms with Crippen molar-refractivity contribution in [2.24, 2.45) is 27.4 Å². The van der Waals surface area contributed by atoms with E-state index < -0.39 is 29.7 Å². The van der Waals surface area contributed by atoms with Gasteiger partial charge in [0.15, 0.2) is 17.1 Å². The second kappa shape index (κ2) is 32.8. The van der Waals surface area contributed by atoms with Gasteiger partial charge in [0, 0.05) is 138 Å². The van der Waals surface area contributed by atoms with Gasteiger partial charge in [-0.1, -0.05) is 114 Å². The van der Waals surface area contributed by atoms with Crippen molar-refractivity contribution in [3.05, 3.63) is 205 Å². The van der Waals surface area contributed by atoms with Crippen LogP contribution in [-0.4, -0.2) is 112 Å². The highest BCUT2D eigenvalue weighted by atomic mass is 79.9. The lowest BCUT2D eigenvalue weighted by Crippen LogP contribution is -2.52. The minimum absolute atomic E-state index is 0.0226. The van der Waals surface area contributed by atoms with Crippen LogP contribution in [-0.2, 0) is 25.9 Å². The third kappa shape index (κ3) is 19.5. The zero-order valence-electron chi connectivity index (χ0n) is 59.5. The number of pyridine rings is 2. The normalized spacial score (nSPS) is 20.2. The maximum absolute atomic E-state index is 13.3. The number of halogens is 11. The quantitative estimate of drug-likeness (QED) is 0.0767. The number of aromatic carboxylic acids is 1. The van der Waals surface area contributed by atoms with E-state index in [-0.39, 0.29) is 84.6 Å². The lowest BCUT2D eigenvalue weighted by molar-refractivity contribution is -0.170. The Bertz CT molecular complexity index is 4400. The molecule has 4 saturated heterocycles. The molecule has 4 spiro atoms. The minimum atomic E-state index is -2.46. The monoisotopic (exact) mass is 1570 g/mol. The van der Waals surface area contributed by atoms with Crippen LogP contribution in [0.15, 0.2) is 138 Å². The molecule has 0 unspecified atom stereocenters. The Hall–Kier alpha value is -8.00. The summed E-state index contributed by atoms with van der Waals surface area (Å²) in [5.41, 5.74) is 15.4. The van der Waals surface area contributed by atoms with Crippen LogP contribution in [0.3, 0.4) is 0 Å². The van der Waals surface area contributed by atoms with Gasteiger partial charge in [-0.05, 0) is 171 Å². The van der Waals surface area contributed by atoms with Crippen molar-refractivity contribution in [3.8, 4) is 0 Å². The smallest absolute Gasteiger partial charge is 0.354 e. The molecule has 8 aromatic rings. The number of piperidine rings is 4. The van der Waals surface area contributed by atoms with Gasteiger partial charge in [-0.3, -0.25) is 13.6 Å². The van der Waals surface area contributed by atoms with Gasteiger partial charge in [0.1, 0.15) is 17.0 Å². The van der Waals surface area contributed by atoms with E-state index in [1.54, 1.807) is 53.2 Å². The van der Waals surface area contributed by atoms with E-state index in [1.165, 1.54) is 10.1 Å². The standard InChI is InChI=1S/C25H27ClF2N4O.C15H16F2N2.C15H20F2N2.C10H9ClN2O2.C8H13F2N.C7H4BrN/c1-2-20-22(32-14-18(26)5-8-21(32)30-20)23(33)29-13-17-3-6-19(7-4-17)31-11-9-24(10-12-31)15-25(27,28)16-24;1-18-12-2-4-13(5-3-12)19-8-6-14(7-9-19)10-15(16,17)11-14;16-15(17)10-14(11-15)5-7-19(8-6-14)13-3-1-12(9-18)2-4-13;1-2-7-9(10(14)15)13-5-6(11)3-4-8(13)12-7;9-8(10)5-7(6-8)1-3-11-4-2-7;1-9-7-4-2-6(8)3-5-7/h3-8,14H,2,9-13,15-16H2,1H3,(H,29,33);2-5H,6-11H2;1-4H,5-11,18H2;3-5H,2H2,1H3,(H,14,15);11H,1-6H2;2-5H. The average Bonchev–Trinajstić information content (AvgIpc) is 1.82. The first kappa shape index (κ1) is 79.1. The molecule has 4 aromatic carbocycles. The molecule has 564 valence electrons. The Kier molecular flexibility index (Phi) is 24.5. The first-order chi connectivity index (χ1) is 50.4. The van der Waals surface area contributed by atoms with Crippen molar-refractivity contribution in [2.75, 3.05) is 67.1 Å². The minimum Gasteiger partial charge on any atom is -0.477 e. The van der Waals surface area contributed by atoms with Crippen LogP contribution >= 0.6 is 39.1 Å². The zero-order valence-corrected chi connectivity index (χ0v) is 62.6. The highest BCUT2D eigenvalue weighted by molar-refractivity contribution is 9.10. The molecule has 4 aromatic heterocycles. The van der Waals surface area contributed by atoms with Crippen molar-refractivity contribution in [1.82, 2.24) is 29.4 Å².